The molecule has 0 aliphatic heterocycles. The minimum absolute atomic E-state index is 0.925. The Morgan fingerprint density at radius 1 is 1.00 bits per heavy atom. The van der Waals surface area contributed by atoms with Crippen LogP contribution in [-0.2, 0) is 0 Å². The van der Waals surface area contributed by atoms with Crippen LogP contribution in [0.25, 0.3) is 0 Å². The molecule has 3 aliphatic rings. The Hall–Kier alpha value is -0.520. The lowest BCUT2D eigenvalue weighted by atomic mass is 9.86. The second kappa shape index (κ2) is 1.55. The van der Waals surface area contributed by atoms with Gasteiger partial charge in [-0.05, 0) is 36.5 Å². The van der Waals surface area contributed by atoms with Crippen LogP contribution in [0.4, 0.5) is 0 Å². The highest BCUT2D eigenvalue weighted by Crippen LogP contribution is 2.52. The molecule has 0 saturated heterocycles. The number of rotatable bonds is 0. The Morgan fingerprint density at radius 2 is 1.90 bits per heavy atom. The van der Waals surface area contributed by atoms with E-state index in [4.69, 9.17) is 0 Å². The molecule has 0 radical (unpaired) electrons. The van der Waals surface area contributed by atoms with Crippen molar-refractivity contribution in [1.29, 1.82) is 0 Å². The maximum Gasteiger partial charge on any atom is -0.0133 e. The minimum atomic E-state index is 0.925. The molecule has 3 rings (SSSR count). The summed E-state index contributed by atoms with van der Waals surface area (Å²) in [5.41, 5.74) is 0. The summed E-state index contributed by atoms with van der Waals surface area (Å²) >= 11 is 0. The molecule has 0 spiro atoms. The molecule has 10 heavy (non-hydrogen) atoms. The zero-order chi connectivity index (χ0) is 6.55. The normalized spacial score (nSPS) is 54.4. The second-order valence-electron chi connectivity index (χ2n) is 3.85. The second-order valence-corrected chi connectivity index (χ2v) is 3.85. The first-order valence-corrected chi connectivity index (χ1v) is 4.30. The van der Waals surface area contributed by atoms with E-state index in [1.165, 1.54) is 12.8 Å². The number of allylic oxidation sites excluding steroid dienone is 4. The molecule has 2 bridgehead atoms. The smallest absolute Gasteiger partial charge is 0.0133 e. The summed E-state index contributed by atoms with van der Waals surface area (Å²) in [5, 5.41) is 0. The Kier molecular flexibility index (Phi) is 0.803. The molecule has 4 atom stereocenters. The third-order valence-electron chi connectivity index (χ3n) is 3.46. The quantitative estimate of drug-likeness (QED) is 0.444. The van der Waals surface area contributed by atoms with Crippen LogP contribution in [0.2, 0.25) is 0 Å². The molecule has 3 aliphatic carbocycles. The van der Waals surface area contributed by atoms with Crippen molar-refractivity contribution in [1.82, 2.24) is 0 Å². The molecule has 2 unspecified atom stereocenters. The van der Waals surface area contributed by atoms with E-state index in [0.29, 0.717) is 0 Å². The van der Waals surface area contributed by atoms with Gasteiger partial charge in [-0.15, -0.1) is 0 Å². The van der Waals surface area contributed by atoms with Crippen molar-refractivity contribution < 1.29 is 0 Å². The topological polar surface area (TPSA) is 0 Å². The summed E-state index contributed by atoms with van der Waals surface area (Å²) in [6, 6.07) is 0. The Balaban J connectivity index is 2.04. The van der Waals surface area contributed by atoms with E-state index in [1.807, 2.05) is 0 Å². The third-order valence-corrected chi connectivity index (χ3v) is 3.46. The maximum absolute atomic E-state index is 2.44. The summed E-state index contributed by atoms with van der Waals surface area (Å²) in [4.78, 5) is 0. The number of hydrogen-bond acceptors (Lipinski definition) is 0. The summed E-state index contributed by atoms with van der Waals surface area (Å²) < 4.78 is 0. The fourth-order valence-electron chi connectivity index (χ4n) is 2.97. The van der Waals surface area contributed by atoms with E-state index >= 15 is 0 Å². The average molecular weight is 132 g/mol. The van der Waals surface area contributed by atoms with Gasteiger partial charge in [0.1, 0.15) is 0 Å². The molecule has 0 N–H and O–H groups in total. The van der Waals surface area contributed by atoms with Crippen LogP contribution in [0.5, 0.6) is 0 Å². The molecule has 0 nitrogen and oxygen atoms in total. The van der Waals surface area contributed by atoms with Crippen molar-refractivity contribution >= 4 is 0 Å². The summed E-state index contributed by atoms with van der Waals surface area (Å²) in [7, 11) is 0. The van der Waals surface area contributed by atoms with E-state index in [9.17, 15) is 0 Å². The van der Waals surface area contributed by atoms with Gasteiger partial charge in [-0.1, -0.05) is 24.3 Å². The molecule has 0 aromatic carbocycles. The van der Waals surface area contributed by atoms with Gasteiger partial charge < -0.3 is 0 Å². The van der Waals surface area contributed by atoms with Gasteiger partial charge in [-0.2, -0.15) is 0 Å². The largest absolute Gasteiger partial charge is 0.0879 e. The van der Waals surface area contributed by atoms with Gasteiger partial charge in [0.15, 0.2) is 0 Å². The molecule has 0 heterocycles. The van der Waals surface area contributed by atoms with Gasteiger partial charge in [0.25, 0.3) is 0 Å². The van der Waals surface area contributed by atoms with Gasteiger partial charge in [-0.3, -0.25) is 0 Å². The Labute approximate surface area is 61.6 Å². The van der Waals surface area contributed by atoms with Crippen molar-refractivity contribution in [3.8, 4) is 0 Å². The zero-order valence-corrected chi connectivity index (χ0v) is 6.03. The summed E-state index contributed by atoms with van der Waals surface area (Å²) in [6.45, 7) is 0. The monoisotopic (exact) mass is 132 g/mol. The molecule has 0 heteroatoms. The van der Waals surface area contributed by atoms with E-state index < -0.39 is 0 Å². The van der Waals surface area contributed by atoms with Gasteiger partial charge in [0.2, 0.25) is 0 Å². The molecule has 0 amide bonds. The lowest BCUT2D eigenvalue weighted by molar-refractivity contribution is 0.398. The van der Waals surface area contributed by atoms with Gasteiger partial charge in [-0.25, -0.2) is 0 Å². The van der Waals surface area contributed by atoms with Crippen LogP contribution in [0.1, 0.15) is 12.8 Å². The third kappa shape index (κ3) is 0.448. The molecule has 1 saturated carbocycles. The molecule has 52 valence electrons. The first kappa shape index (κ1) is 5.17. The predicted octanol–water partition coefficient (Wildman–Crippen LogP) is 2.38. The predicted molar refractivity (Wildman–Crippen MR) is 41.5 cm³/mol. The molecule has 0 aromatic heterocycles. The zero-order valence-electron chi connectivity index (χ0n) is 6.03. The van der Waals surface area contributed by atoms with Crippen LogP contribution in [0.3, 0.4) is 0 Å². The number of hydrogen-bond donors (Lipinski definition) is 0. The van der Waals surface area contributed by atoms with Crippen LogP contribution in [-0.4, -0.2) is 0 Å². The Morgan fingerprint density at radius 3 is 2.80 bits per heavy atom. The minimum Gasteiger partial charge on any atom is -0.0879 e. The lowest BCUT2D eigenvalue weighted by Crippen LogP contribution is -2.12. The SMILES string of the molecule is C1=C[C@@H]2C3C=CC(C3)[C@@H]2C1. The highest BCUT2D eigenvalue weighted by atomic mass is 14.5. The van der Waals surface area contributed by atoms with E-state index in [1.54, 1.807) is 0 Å². The molecular formula is C10H12. The molecular weight excluding hydrogens is 120 g/mol. The highest BCUT2D eigenvalue weighted by Gasteiger charge is 2.44. The summed E-state index contributed by atoms with van der Waals surface area (Å²) in [6.07, 6.45) is 12.5. The standard InChI is InChI=1S/C10H12/c1-2-9-7-4-5-8(6-7)10(9)3-1/h1-2,4-5,7-10H,3,6H2/t7?,8?,9-,10+/m1/s1. The maximum atomic E-state index is 2.44. The van der Waals surface area contributed by atoms with Crippen molar-refractivity contribution in [2.24, 2.45) is 23.7 Å². The van der Waals surface area contributed by atoms with Crippen LogP contribution in [0.15, 0.2) is 24.3 Å². The van der Waals surface area contributed by atoms with Crippen molar-refractivity contribution in [2.75, 3.05) is 0 Å². The number of fused-ring (bicyclic) bond motifs is 5. The summed E-state index contributed by atoms with van der Waals surface area (Å²) in [5.74, 6) is 3.82. The van der Waals surface area contributed by atoms with Gasteiger partial charge in [0.05, 0.1) is 0 Å². The van der Waals surface area contributed by atoms with Crippen molar-refractivity contribution in [2.45, 2.75) is 12.8 Å². The van der Waals surface area contributed by atoms with Crippen molar-refractivity contribution in [3.63, 3.8) is 0 Å². The van der Waals surface area contributed by atoms with Gasteiger partial charge >= 0.3 is 0 Å². The van der Waals surface area contributed by atoms with Crippen LogP contribution in [0, 0.1) is 23.7 Å². The fourth-order valence-corrected chi connectivity index (χ4v) is 2.97. The first-order chi connectivity index (χ1) is 4.95. The first-order valence-electron chi connectivity index (χ1n) is 4.30. The van der Waals surface area contributed by atoms with E-state index in [-0.39, 0.29) is 0 Å². The van der Waals surface area contributed by atoms with Crippen LogP contribution < -0.4 is 0 Å². The van der Waals surface area contributed by atoms with Gasteiger partial charge in [0, 0.05) is 0 Å². The molecule has 0 aromatic rings. The average Bonchev–Trinajstić information content (AvgIpc) is 2.60. The van der Waals surface area contributed by atoms with Crippen molar-refractivity contribution in [3.05, 3.63) is 24.3 Å². The van der Waals surface area contributed by atoms with E-state index in [0.717, 1.165) is 23.7 Å². The molecule has 1 fully saturated rings. The lowest BCUT2D eigenvalue weighted by Gasteiger charge is -2.18. The fraction of sp³-hybridized carbons (Fsp3) is 0.600. The Bertz CT molecular complexity index is 212. The van der Waals surface area contributed by atoms with Crippen LogP contribution >= 0.6 is 0 Å². The highest BCUT2D eigenvalue weighted by molar-refractivity contribution is 5.21. The van der Waals surface area contributed by atoms with E-state index in [2.05, 4.69) is 24.3 Å².